The average molecular weight is 782 g/mol. The van der Waals surface area contributed by atoms with Crippen LogP contribution in [0.2, 0.25) is 10.0 Å². The number of thiazole rings is 1. The molecule has 8 rings (SSSR count). The smallest absolute Gasteiger partial charge is 0.270 e. The molecule has 0 aliphatic carbocycles. The number of carbonyl (C=O) groups excluding carboxylic acids is 4. The van der Waals surface area contributed by atoms with Gasteiger partial charge in [0.05, 0.1) is 38.4 Å². The van der Waals surface area contributed by atoms with Crippen molar-refractivity contribution in [1.29, 1.82) is 0 Å². The monoisotopic (exact) mass is 780 g/mol. The van der Waals surface area contributed by atoms with Crippen LogP contribution in [0, 0.1) is 13.8 Å². The quantitative estimate of drug-likeness (QED) is 0.0713. The molecule has 4 heterocycles. The first-order valence-corrected chi connectivity index (χ1v) is 18.4. The highest BCUT2D eigenvalue weighted by molar-refractivity contribution is 8.01. The molecule has 1 fully saturated rings. The van der Waals surface area contributed by atoms with Gasteiger partial charge in [-0.15, -0.1) is 11.3 Å². The van der Waals surface area contributed by atoms with E-state index >= 15 is 0 Å². The molecule has 1 saturated heterocycles. The van der Waals surface area contributed by atoms with Gasteiger partial charge in [-0.05, 0) is 122 Å². The molecular formula is C38H22Cl2N4O5S3. The van der Waals surface area contributed by atoms with E-state index < -0.39 is 11.8 Å². The summed E-state index contributed by atoms with van der Waals surface area (Å²) in [5.74, 6) is -1.77. The van der Waals surface area contributed by atoms with Gasteiger partial charge in [-0.1, -0.05) is 47.5 Å². The lowest BCUT2D eigenvalue weighted by Crippen LogP contribution is -2.57. The topological polar surface area (TPSA) is 104 Å². The lowest BCUT2D eigenvalue weighted by molar-refractivity contribution is -0.120. The van der Waals surface area contributed by atoms with Gasteiger partial charge in [0.25, 0.3) is 23.6 Å². The number of aromatic nitrogens is 1. The van der Waals surface area contributed by atoms with Crippen LogP contribution in [0.15, 0.2) is 110 Å². The Hall–Kier alpha value is -5.11. The van der Waals surface area contributed by atoms with Crippen molar-refractivity contribution in [3.63, 3.8) is 0 Å². The second kappa shape index (κ2) is 13.1. The van der Waals surface area contributed by atoms with Crippen LogP contribution < -0.4 is 14.7 Å². The number of hydrogen-bond acceptors (Lipinski definition) is 9. The molecule has 0 bridgehead atoms. The van der Waals surface area contributed by atoms with Crippen molar-refractivity contribution in [2.24, 2.45) is 0 Å². The van der Waals surface area contributed by atoms with Gasteiger partial charge in [-0.2, -0.15) is 0 Å². The molecule has 0 unspecified atom stereocenters. The van der Waals surface area contributed by atoms with Crippen LogP contribution in [0.25, 0.3) is 16.3 Å². The number of benzene rings is 4. The number of thiocarbonyl (C=S) groups is 1. The molecule has 52 heavy (non-hydrogen) atoms. The molecule has 6 aromatic rings. The fraction of sp³-hybridized carbons (Fsp3) is 0.0526. The van der Waals surface area contributed by atoms with Gasteiger partial charge in [0.2, 0.25) is 0 Å². The summed E-state index contributed by atoms with van der Waals surface area (Å²) in [5, 5.41) is 1.28. The van der Waals surface area contributed by atoms with Gasteiger partial charge in [-0.25, -0.2) is 9.88 Å². The molecule has 2 aliphatic rings. The number of imide groups is 1. The SMILES string of the molecule is Cc1ccc(N2C(=O)C(=Cc3ccc(Sc4nc5ccc(N6C(=O)c7ccccc7C6=O)cc5s4)o3)C(=O)N(c3ccc(C)c(Cl)c3)C2=S)cc1Cl. The number of anilines is 3. The molecule has 2 aliphatic heterocycles. The van der Waals surface area contributed by atoms with E-state index in [9.17, 15) is 19.2 Å². The first kappa shape index (κ1) is 34.0. The van der Waals surface area contributed by atoms with E-state index in [4.69, 9.17) is 39.8 Å². The summed E-state index contributed by atoms with van der Waals surface area (Å²) < 4.78 is 7.48. The molecule has 0 radical (unpaired) electrons. The molecule has 0 saturated carbocycles. The average Bonchev–Trinajstić information content (AvgIpc) is 3.81. The standard InChI is InChI=1S/C38H22Cl2N4O5S3/c1-19-7-9-21(15-28(19)39)43-35(47)27(36(48)44(38(43)50)22-10-8-20(2)29(40)16-22)18-24-12-14-32(49-24)52-37-41-30-13-11-23(17-31(30)51-37)42-33(45)25-5-3-4-6-26(25)34(42)46/h3-18H,1-2H3. The van der Waals surface area contributed by atoms with E-state index in [1.54, 1.807) is 91.0 Å². The van der Waals surface area contributed by atoms with Crippen LogP contribution in [-0.4, -0.2) is 33.7 Å². The van der Waals surface area contributed by atoms with E-state index in [0.717, 1.165) is 15.8 Å². The van der Waals surface area contributed by atoms with Crippen LogP contribution in [-0.2, 0) is 9.59 Å². The minimum Gasteiger partial charge on any atom is -0.450 e. The second-order valence-electron chi connectivity index (χ2n) is 11.9. The number of nitrogens with zero attached hydrogens (tertiary/aromatic N) is 4. The Morgan fingerprint density at radius 2 is 1.27 bits per heavy atom. The third kappa shape index (κ3) is 5.82. The fourth-order valence-corrected chi connectivity index (χ4v) is 8.55. The van der Waals surface area contributed by atoms with Crippen LogP contribution in [0.1, 0.15) is 37.6 Å². The van der Waals surface area contributed by atoms with E-state index in [-0.39, 0.29) is 28.3 Å². The van der Waals surface area contributed by atoms with Crippen molar-refractivity contribution in [3.05, 3.63) is 135 Å². The minimum atomic E-state index is -0.643. The number of aryl methyl sites for hydroxylation is 2. The minimum absolute atomic E-state index is 0.0512. The zero-order valence-electron chi connectivity index (χ0n) is 27.0. The molecule has 4 amide bonds. The maximum atomic E-state index is 14.0. The van der Waals surface area contributed by atoms with Crippen molar-refractivity contribution in [2.45, 2.75) is 23.3 Å². The molecule has 2 aromatic heterocycles. The Kier molecular flexibility index (Phi) is 8.59. The highest BCUT2D eigenvalue weighted by Crippen LogP contribution is 2.39. The van der Waals surface area contributed by atoms with Gasteiger partial charge >= 0.3 is 0 Å². The summed E-state index contributed by atoms with van der Waals surface area (Å²) in [7, 11) is 0. The predicted molar refractivity (Wildman–Crippen MR) is 208 cm³/mol. The molecule has 256 valence electrons. The highest BCUT2D eigenvalue weighted by Gasteiger charge is 2.42. The summed E-state index contributed by atoms with van der Waals surface area (Å²) in [6.45, 7) is 3.68. The first-order valence-electron chi connectivity index (χ1n) is 15.6. The number of halogens is 2. The maximum Gasteiger partial charge on any atom is 0.270 e. The number of fused-ring (bicyclic) bond motifs is 2. The molecule has 14 heteroatoms. The second-order valence-corrected chi connectivity index (χ2v) is 15.3. The molecule has 0 spiro atoms. The summed E-state index contributed by atoms with van der Waals surface area (Å²) in [6.07, 6.45) is 1.38. The van der Waals surface area contributed by atoms with Crippen molar-refractivity contribution in [3.8, 4) is 0 Å². The normalized spacial score (nSPS) is 14.7. The number of rotatable bonds is 6. The van der Waals surface area contributed by atoms with Gasteiger partial charge in [0.15, 0.2) is 14.5 Å². The van der Waals surface area contributed by atoms with Crippen molar-refractivity contribution < 1.29 is 23.6 Å². The predicted octanol–water partition coefficient (Wildman–Crippen LogP) is 9.51. The summed E-state index contributed by atoms with van der Waals surface area (Å²) in [4.78, 5) is 62.5. The van der Waals surface area contributed by atoms with E-state index in [2.05, 4.69) is 4.98 Å². The van der Waals surface area contributed by atoms with E-state index in [0.29, 0.717) is 53.2 Å². The summed E-state index contributed by atoms with van der Waals surface area (Å²) in [5.41, 5.74) is 4.10. The number of hydrogen-bond donors (Lipinski definition) is 0. The van der Waals surface area contributed by atoms with Gasteiger partial charge < -0.3 is 4.42 Å². The Bertz CT molecular complexity index is 2490. The fourth-order valence-electron chi connectivity index (χ4n) is 5.82. The van der Waals surface area contributed by atoms with Crippen LogP contribution in [0.5, 0.6) is 0 Å². The van der Waals surface area contributed by atoms with Crippen molar-refractivity contribution in [1.82, 2.24) is 4.98 Å². The van der Waals surface area contributed by atoms with Crippen LogP contribution in [0.3, 0.4) is 0 Å². The maximum absolute atomic E-state index is 14.0. The lowest BCUT2D eigenvalue weighted by Gasteiger charge is -2.36. The molecular weight excluding hydrogens is 760 g/mol. The lowest BCUT2D eigenvalue weighted by atomic mass is 10.1. The number of furan rings is 1. The van der Waals surface area contributed by atoms with Crippen molar-refractivity contribution >= 4 is 121 Å². The molecule has 0 atom stereocenters. The molecule has 9 nitrogen and oxygen atoms in total. The summed E-state index contributed by atoms with van der Waals surface area (Å²) >= 11 is 21.2. The van der Waals surface area contributed by atoms with E-state index in [1.807, 2.05) is 13.8 Å². The third-order valence-corrected chi connectivity index (χ3v) is 11.7. The zero-order valence-corrected chi connectivity index (χ0v) is 31.0. The Labute approximate surface area is 320 Å². The summed E-state index contributed by atoms with van der Waals surface area (Å²) in [6, 6.07) is 25.5. The number of amides is 4. The van der Waals surface area contributed by atoms with E-state index in [1.165, 1.54) is 43.9 Å². The molecule has 4 aromatic carbocycles. The van der Waals surface area contributed by atoms with Gasteiger partial charge in [0, 0.05) is 10.0 Å². The first-order chi connectivity index (χ1) is 25.0. The number of carbonyl (C=O) groups is 4. The Balaban J connectivity index is 1.09. The third-order valence-electron chi connectivity index (χ3n) is 8.56. The van der Waals surface area contributed by atoms with Crippen LogP contribution >= 0.6 is 58.5 Å². The zero-order chi connectivity index (χ0) is 36.4. The van der Waals surface area contributed by atoms with Crippen molar-refractivity contribution in [2.75, 3.05) is 14.7 Å². The molecule has 0 N–H and O–H groups in total. The van der Waals surface area contributed by atoms with Gasteiger partial charge in [0.1, 0.15) is 11.3 Å². The van der Waals surface area contributed by atoms with Crippen LogP contribution in [0.4, 0.5) is 17.1 Å². The highest BCUT2D eigenvalue weighted by atomic mass is 35.5. The Morgan fingerprint density at radius 3 is 1.85 bits per heavy atom. The Morgan fingerprint density at radius 1 is 0.712 bits per heavy atom. The van der Waals surface area contributed by atoms with Gasteiger partial charge in [-0.3, -0.25) is 29.0 Å². The largest absolute Gasteiger partial charge is 0.450 e.